The fraction of sp³-hybridized carbons (Fsp3) is 0.800. The van der Waals surface area contributed by atoms with Crippen LogP contribution in [0.5, 0.6) is 0 Å². The van der Waals surface area contributed by atoms with Gasteiger partial charge in [0.2, 0.25) is 5.91 Å². The molecular formula is C35H62N2O2. The van der Waals surface area contributed by atoms with Crippen LogP contribution in [0.1, 0.15) is 169 Å². The summed E-state index contributed by atoms with van der Waals surface area (Å²) >= 11 is 0. The van der Waals surface area contributed by atoms with Crippen LogP contribution < -0.4 is 5.32 Å². The number of hydrogen-bond donors (Lipinski definition) is 1. The largest absolute Gasteiger partial charge is 0.353 e. The molecule has 4 nitrogen and oxygen atoms in total. The normalized spacial score (nSPS) is 19.6. The Bertz CT molecular complexity index is 774. The first-order valence-corrected chi connectivity index (χ1v) is 16.6. The van der Waals surface area contributed by atoms with E-state index in [4.69, 9.17) is 4.84 Å². The van der Waals surface area contributed by atoms with E-state index in [1.54, 1.807) is 0 Å². The van der Waals surface area contributed by atoms with E-state index < -0.39 is 0 Å². The Balaban J connectivity index is 1.71. The van der Waals surface area contributed by atoms with E-state index in [1.807, 2.05) is 0 Å². The second-order valence-corrected chi connectivity index (χ2v) is 12.9. The second kappa shape index (κ2) is 18.1. The molecule has 2 atom stereocenters. The molecule has 0 aliphatic carbocycles. The molecule has 1 N–H and O–H groups in total. The number of unbranched alkanes of at least 4 members (excludes halogenated alkanes) is 12. The third-order valence-corrected chi connectivity index (χ3v) is 9.07. The molecule has 1 aromatic rings. The number of carbonyl (C=O) groups excluding carboxylic acids is 1. The SMILES string of the molecule is CCCCCCCCCCCCCCCC(=O)NC1CC(C)(C)N(OC(C)c2ccccc2)C(CC)(CC)C1. The van der Waals surface area contributed by atoms with Gasteiger partial charge in [0, 0.05) is 23.5 Å². The molecule has 2 unspecified atom stereocenters. The summed E-state index contributed by atoms with van der Waals surface area (Å²) in [7, 11) is 0. The zero-order chi connectivity index (χ0) is 28.6. The van der Waals surface area contributed by atoms with Crippen LogP contribution in [0.25, 0.3) is 0 Å². The second-order valence-electron chi connectivity index (χ2n) is 12.9. The highest BCUT2D eigenvalue weighted by Gasteiger charge is 2.50. The molecule has 0 aromatic heterocycles. The fourth-order valence-electron chi connectivity index (χ4n) is 6.67. The minimum atomic E-state index is -0.166. The molecule has 1 aliphatic rings. The zero-order valence-corrected chi connectivity index (χ0v) is 26.5. The van der Waals surface area contributed by atoms with Gasteiger partial charge in [-0.3, -0.25) is 9.63 Å². The molecular weight excluding hydrogens is 480 g/mol. The lowest BCUT2D eigenvalue weighted by molar-refractivity contribution is -0.316. The van der Waals surface area contributed by atoms with Gasteiger partial charge >= 0.3 is 0 Å². The smallest absolute Gasteiger partial charge is 0.220 e. The summed E-state index contributed by atoms with van der Waals surface area (Å²) < 4.78 is 0. The standard InChI is InChI=1S/C35H62N2O2/c1-7-10-11-12-13-14-15-16-17-18-19-20-24-27-33(38)36-32-28-34(5,6)37(35(8-2,9-3)29-32)39-30(4)31-25-22-21-23-26-31/h21-23,25-26,30,32H,7-20,24,27-29H2,1-6H3,(H,36,38). The van der Waals surface area contributed by atoms with Crippen molar-refractivity contribution in [2.45, 2.75) is 180 Å². The van der Waals surface area contributed by atoms with Crippen LogP contribution in [0.4, 0.5) is 0 Å². The van der Waals surface area contributed by atoms with Crippen molar-refractivity contribution in [3.8, 4) is 0 Å². The van der Waals surface area contributed by atoms with E-state index in [2.05, 4.69) is 82.3 Å². The van der Waals surface area contributed by atoms with E-state index in [-0.39, 0.29) is 29.1 Å². The zero-order valence-electron chi connectivity index (χ0n) is 26.5. The first kappa shape index (κ1) is 33.8. The summed E-state index contributed by atoms with van der Waals surface area (Å²) in [4.78, 5) is 19.6. The average molecular weight is 543 g/mol. The van der Waals surface area contributed by atoms with Crippen molar-refractivity contribution in [1.82, 2.24) is 10.4 Å². The summed E-state index contributed by atoms with van der Waals surface area (Å²) in [5, 5.41) is 5.72. The Morgan fingerprint density at radius 2 is 1.36 bits per heavy atom. The monoisotopic (exact) mass is 542 g/mol. The molecule has 0 saturated carbocycles. The fourth-order valence-corrected chi connectivity index (χ4v) is 6.67. The molecule has 1 amide bonds. The molecule has 1 aromatic carbocycles. The van der Waals surface area contributed by atoms with E-state index in [0.29, 0.717) is 6.42 Å². The molecule has 1 aliphatic heterocycles. The Hall–Kier alpha value is -1.39. The highest BCUT2D eigenvalue weighted by atomic mass is 16.7. The summed E-state index contributed by atoms with van der Waals surface area (Å²) in [6.07, 6.45) is 21.8. The van der Waals surface area contributed by atoms with Gasteiger partial charge in [-0.05, 0) is 58.4 Å². The molecule has 39 heavy (non-hydrogen) atoms. The number of nitrogens with one attached hydrogen (secondary N) is 1. The van der Waals surface area contributed by atoms with E-state index >= 15 is 0 Å². The van der Waals surface area contributed by atoms with Gasteiger partial charge in [0.25, 0.3) is 0 Å². The summed E-state index contributed by atoms with van der Waals surface area (Å²) in [6.45, 7) is 13.5. The number of amides is 1. The molecule has 1 saturated heterocycles. The predicted molar refractivity (Wildman–Crippen MR) is 167 cm³/mol. The minimum absolute atomic E-state index is 0.00959. The number of nitrogens with zero attached hydrogens (tertiary/aromatic N) is 1. The summed E-state index contributed by atoms with van der Waals surface area (Å²) in [6, 6.07) is 10.7. The topological polar surface area (TPSA) is 41.6 Å². The highest BCUT2D eigenvalue weighted by molar-refractivity contribution is 5.76. The molecule has 224 valence electrons. The predicted octanol–water partition coefficient (Wildman–Crippen LogP) is 10.1. The van der Waals surface area contributed by atoms with Crippen LogP contribution in [0.15, 0.2) is 30.3 Å². The van der Waals surface area contributed by atoms with E-state index in [1.165, 1.54) is 82.6 Å². The Morgan fingerprint density at radius 3 is 1.87 bits per heavy atom. The van der Waals surface area contributed by atoms with Crippen molar-refractivity contribution in [2.24, 2.45) is 0 Å². The number of piperidine rings is 1. The van der Waals surface area contributed by atoms with Gasteiger partial charge < -0.3 is 5.32 Å². The van der Waals surface area contributed by atoms with Gasteiger partial charge in [-0.2, -0.15) is 5.06 Å². The van der Waals surface area contributed by atoms with Gasteiger partial charge in [0.15, 0.2) is 0 Å². The lowest BCUT2D eigenvalue weighted by Gasteiger charge is -2.57. The van der Waals surface area contributed by atoms with Gasteiger partial charge in [-0.25, -0.2) is 0 Å². The average Bonchev–Trinajstić information content (AvgIpc) is 2.92. The van der Waals surface area contributed by atoms with Crippen molar-refractivity contribution in [1.29, 1.82) is 0 Å². The molecule has 0 bridgehead atoms. The molecule has 2 rings (SSSR count). The molecule has 1 heterocycles. The van der Waals surface area contributed by atoms with Gasteiger partial charge in [-0.15, -0.1) is 0 Å². The third-order valence-electron chi connectivity index (χ3n) is 9.07. The van der Waals surface area contributed by atoms with Gasteiger partial charge in [0.05, 0.1) is 0 Å². The highest BCUT2D eigenvalue weighted by Crippen LogP contribution is 2.44. The van der Waals surface area contributed by atoms with Crippen LogP contribution in [0, 0.1) is 0 Å². The Labute approximate surface area is 242 Å². The van der Waals surface area contributed by atoms with Crippen molar-refractivity contribution in [2.75, 3.05) is 0 Å². The summed E-state index contributed by atoms with van der Waals surface area (Å²) in [5.41, 5.74) is 0.946. The van der Waals surface area contributed by atoms with Gasteiger partial charge in [-0.1, -0.05) is 128 Å². The van der Waals surface area contributed by atoms with Crippen molar-refractivity contribution in [3.63, 3.8) is 0 Å². The van der Waals surface area contributed by atoms with Crippen LogP contribution in [0.2, 0.25) is 0 Å². The van der Waals surface area contributed by atoms with Crippen LogP contribution in [-0.2, 0) is 9.63 Å². The van der Waals surface area contributed by atoms with Crippen molar-refractivity contribution in [3.05, 3.63) is 35.9 Å². The van der Waals surface area contributed by atoms with E-state index in [9.17, 15) is 4.79 Å². The molecule has 1 fully saturated rings. The maximum atomic E-state index is 12.9. The maximum Gasteiger partial charge on any atom is 0.220 e. The molecule has 0 radical (unpaired) electrons. The molecule has 0 spiro atoms. The quantitative estimate of drug-likeness (QED) is 0.167. The van der Waals surface area contributed by atoms with Crippen molar-refractivity contribution < 1.29 is 9.63 Å². The number of benzene rings is 1. The first-order valence-electron chi connectivity index (χ1n) is 16.6. The lowest BCUT2D eigenvalue weighted by atomic mass is 9.74. The Kier molecular flexibility index (Phi) is 15.7. The van der Waals surface area contributed by atoms with Crippen molar-refractivity contribution >= 4 is 5.91 Å². The van der Waals surface area contributed by atoms with Gasteiger partial charge in [0.1, 0.15) is 6.10 Å². The number of rotatable bonds is 20. The minimum Gasteiger partial charge on any atom is -0.353 e. The van der Waals surface area contributed by atoms with Crippen LogP contribution in [0.3, 0.4) is 0 Å². The van der Waals surface area contributed by atoms with Crippen LogP contribution in [-0.4, -0.2) is 28.1 Å². The number of hydrogen-bond acceptors (Lipinski definition) is 3. The maximum absolute atomic E-state index is 12.9. The Morgan fingerprint density at radius 1 is 0.846 bits per heavy atom. The van der Waals surface area contributed by atoms with E-state index in [0.717, 1.165) is 32.1 Å². The lowest BCUT2D eigenvalue weighted by Crippen LogP contribution is -2.66. The first-order chi connectivity index (χ1) is 18.8. The number of carbonyl (C=O) groups is 1. The number of hydroxylamine groups is 2. The van der Waals surface area contributed by atoms with Crippen LogP contribution >= 0.6 is 0 Å². The summed E-state index contributed by atoms with van der Waals surface area (Å²) in [5.74, 6) is 0.229. The third kappa shape index (κ3) is 11.6. The molecule has 4 heteroatoms.